The van der Waals surface area contributed by atoms with Gasteiger partial charge in [-0.05, 0) is 44.4 Å². The van der Waals surface area contributed by atoms with Crippen LogP contribution in [0, 0.1) is 5.82 Å². The van der Waals surface area contributed by atoms with Crippen molar-refractivity contribution in [3.8, 4) is 11.4 Å². The highest BCUT2D eigenvalue weighted by molar-refractivity contribution is 5.82. The number of nitrogens with zero attached hydrogens (tertiary/aromatic N) is 4. The second kappa shape index (κ2) is 10.9. The number of aromatic nitrogens is 3. The Morgan fingerprint density at radius 1 is 1.41 bits per heavy atom. The molecule has 3 heterocycles. The Balaban J connectivity index is 1.56. The first-order valence-electron chi connectivity index (χ1n) is 11.6. The Hall–Kier alpha value is -3.05. The van der Waals surface area contributed by atoms with Gasteiger partial charge in [-0.3, -0.25) is 14.5 Å². The maximum absolute atomic E-state index is 13.5. The van der Waals surface area contributed by atoms with Crippen molar-refractivity contribution in [2.45, 2.75) is 50.9 Å². The van der Waals surface area contributed by atoms with Gasteiger partial charge in [0, 0.05) is 32.2 Å². The van der Waals surface area contributed by atoms with E-state index in [1.165, 1.54) is 19.4 Å². The summed E-state index contributed by atoms with van der Waals surface area (Å²) in [5.41, 5.74) is 2.03. The van der Waals surface area contributed by atoms with Gasteiger partial charge in [0.2, 0.25) is 0 Å². The van der Waals surface area contributed by atoms with Gasteiger partial charge in [0.25, 0.3) is 5.91 Å². The highest BCUT2D eigenvalue weighted by Gasteiger charge is 2.40. The molecule has 1 aliphatic heterocycles. The van der Waals surface area contributed by atoms with Crippen molar-refractivity contribution in [1.82, 2.24) is 30.3 Å². The van der Waals surface area contributed by atoms with Gasteiger partial charge in [-0.25, -0.2) is 9.18 Å². The largest absolute Gasteiger partial charge is 0.453 e. The molecule has 0 unspecified atom stereocenters. The predicted octanol–water partition coefficient (Wildman–Crippen LogP) is 1.87. The van der Waals surface area contributed by atoms with Crippen molar-refractivity contribution in [2.24, 2.45) is 0 Å². The molecule has 0 spiro atoms. The molecule has 0 bridgehead atoms. The quantitative estimate of drug-likeness (QED) is 0.534. The normalized spacial score (nSPS) is 18.9. The van der Waals surface area contributed by atoms with E-state index in [2.05, 4.69) is 20.4 Å². The minimum absolute atomic E-state index is 0.0273. The first-order chi connectivity index (χ1) is 16.5. The number of methoxy groups -OCH3 is 1. The second-order valence-corrected chi connectivity index (χ2v) is 8.53. The molecule has 2 N–H and O–H groups in total. The zero-order valence-corrected chi connectivity index (χ0v) is 19.5. The number of ether oxygens (including phenoxy) is 2. The van der Waals surface area contributed by atoms with Gasteiger partial charge in [-0.15, -0.1) is 0 Å². The zero-order valence-electron chi connectivity index (χ0n) is 19.5. The Labute approximate surface area is 197 Å². The number of carbonyl (C=O) groups excluding carboxylic acids is 2. The van der Waals surface area contributed by atoms with E-state index in [0.29, 0.717) is 38.4 Å². The van der Waals surface area contributed by atoms with E-state index in [-0.39, 0.29) is 18.0 Å². The fourth-order valence-electron chi connectivity index (χ4n) is 4.11. The summed E-state index contributed by atoms with van der Waals surface area (Å²) >= 11 is 0. The summed E-state index contributed by atoms with van der Waals surface area (Å²) in [6, 6.07) is 4.78. The number of pyridine rings is 1. The molecule has 184 valence electrons. The molecule has 2 aliphatic rings. The van der Waals surface area contributed by atoms with Crippen LogP contribution in [0.5, 0.6) is 0 Å². The van der Waals surface area contributed by atoms with Crippen molar-refractivity contribution in [3.05, 3.63) is 35.9 Å². The van der Waals surface area contributed by atoms with E-state index in [1.807, 2.05) is 17.9 Å². The number of aryl methyl sites for hydroxylation is 1. The Kier molecular flexibility index (Phi) is 7.73. The maximum Gasteiger partial charge on any atom is 0.406 e. The fourth-order valence-corrected chi connectivity index (χ4v) is 4.11. The van der Waals surface area contributed by atoms with Crippen LogP contribution in [0.4, 0.5) is 9.18 Å². The van der Waals surface area contributed by atoms with Crippen molar-refractivity contribution in [1.29, 1.82) is 0 Å². The van der Waals surface area contributed by atoms with Crippen LogP contribution in [-0.2, 0) is 20.8 Å². The van der Waals surface area contributed by atoms with Gasteiger partial charge in [0.15, 0.2) is 0 Å². The number of nitrogens with one attached hydrogen (secondary N) is 2. The van der Waals surface area contributed by atoms with Crippen LogP contribution in [0.25, 0.3) is 11.4 Å². The van der Waals surface area contributed by atoms with E-state index in [9.17, 15) is 14.0 Å². The predicted molar refractivity (Wildman–Crippen MR) is 121 cm³/mol. The molecule has 1 saturated carbocycles. The number of halogens is 1. The highest BCUT2D eigenvalue weighted by Crippen LogP contribution is 2.36. The lowest BCUT2D eigenvalue weighted by atomic mass is 10.1. The Morgan fingerprint density at radius 3 is 2.88 bits per heavy atom. The molecular weight excluding hydrogens is 443 g/mol. The van der Waals surface area contributed by atoms with Gasteiger partial charge in [0.05, 0.1) is 43.0 Å². The number of carbonyl (C=O) groups is 2. The molecule has 0 radical (unpaired) electrons. The first-order valence-corrected chi connectivity index (χ1v) is 11.6. The maximum atomic E-state index is 13.5. The molecule has 2 aromatic heterocycles. The summed E-state index contributed by atoms with van der Waals surface area (Å²) < 4.78 is 25.6. The van der Waals surface area contributed by atoms with Crippen LogP contribution >= 0.6 is 0 Å². The van der Waals surface area contributed by atoms with Crippen molar-refractivity contribution < 1.29 is 23.5 Å². The van der Waals surface area contributed by atoms with E-state index >= 15 is 0 Å². The van der Waals surface area contributed by atoms with Crippen molar-refractivity contribution in [2.75, 3.05) is 33.4 Å². The number of morpholine rings is 1. The second-order valence-electron chi connectivity index (χ2n) is 8.53. The molecule has 10 nitrogen and oxygen atoms in total. The number of hydrogen-bond donors (Lipinski definition) is 2. The minimum Gasteiger partial charge on any atom is -0.453 e. The van der Waals surface area contributed by atoms with E-state index in [1.54, 1.807) is 10.7 Å². The summed E-state index contributed by atoms with van der Waals surface area (Å²) in [4.78, 5) is 30.8. The third kappa shape index (κ3) is 5.71. The van der Waals surface area contributed by atoms with Crippen LogP contribution < -0.4 is 10.6 Å². The molecule has 34 heavy (non-hydrogen) atoms. The summed E-state index contributed by atoms with van der Waals surface area (Å²) in [7, 11) is 1.32. The molecule has 1 saturated heterocycles. The van der Waals surface area contributed by atoms with Gasteiger partial charge in [-0.1, -0.05) is 0 Å². The van der Waals surface area contributed by atoms with Gasteiger partial charge < -0.3 is 25.0 Å². The lowest BCUT2D eigenvalue weighted by molar-refractivity contribution is -0.148. The van der Waals surface area contributed by atoms with Crippen LogP contribution in [-0.4, -0.2) is 77.2 Å². The summed E-state index contributed by atoms with van der Waals surface area (Å²) in [5.74, 6) is -0.447. The molecule has 2 amide bonds. The van der Waals surface area contributed by atoms with Crippen molar-refractivity contribution in [3.63, 3.8) is 0 Å². The number of hydrogen-bond acceptors (Lipinski definition) is 7. The smallest absolute Gasteiger partial charge is 0.406 e. The van der Waals surface area contributed by atoms with Crippen molar-refractivity contribution >= 4 is 12.0 Å². The van der Waals surface area contributed by atoms with Crippen LogP contribution in [0.3, 0.4) is 0 Å². The summed E-state index contributed by atoms with van der Waals surface area (Å²) in [6.07, 6.45) is 2.70. The Bertz CT molecular complexity index is 988. The number of rotatable bonds is 9. The highest BCUT2D eigenvalue weighted by atomic mass is 19.1. The molecule has 2 atom stereocenters. The van der Waals surface area contributed by atoms with Gasteiger partial charge >= 0.3 is 6.09 Å². The Morgan fingerprint density at radius 2 is 2.24 bits per heavy atom. The molecule has 1 aliphatic carbocycles. The van der Waals surface area contributed by atoms with E-state index in [0.717, 1.165) is 30.8 Å². The third-order valence-electron chi connectivity index (χ3n) is 6.03. The van der Waals surface area contributed by atoms with Crippen LogP contribution in [0.2, 0.25) is 0 Å². The van der Waals surface area contributed by atoms with Crippen LogP contribution in [0.15, 0.2) is 24.4 Å². The minimum atomic E-state index is -0.499. The monoisotopic (exact) mass is 474 g/mol. The summed E-state index contributed by atoms with van der Waals surface area (Å²) in [6.45, 7) is 4.63. The fraction of sp³-hybridized carbons (Fsp3) is 0.565. The average molecular weight is 475 g/mol. The zero-order chi connectivity index (χ0) is 24.1. The van der Waals surface area contributed by atoms with E-state index in [4.69, 9.17) is 9.84 Å². The lowest BCUT2D eigenvalue weighted by Crippen LogP contribution is -2.50. The SMILES string of the molecule is COC(=O)NCCCn1nc([C@@H](C)N(C(=O)[C@H]2CNCCO2)C2CC2)cc1-c1ccc(F)cn1. The van der Waals surface area contributed by atoms with Gasteiger partial charge in [-0.2, -0.15) is 5.10 Å². The standard InChI is InChI=1S/C23H31FN6O4/c1-15(30(17-5-6-17)22(31)21-14-25-9-11-34-21)19-12-20(18-7-4-16(24)13-27-18)29(28-19)10-3-8-26-23(32)33-2/h4,7,12-13,15,17,21,25H,3,5-6,8-11,14H2,1-2H3,(H,26,32)/t15-,21-/m1/s1. The van der Waals surface area contributed by atoms with Gasteiger partial charge in [0.1, 0.15) is 11.9 Å². The lowest BCUT2D eigenvalue weighted by Gasteiger charge is -2.33. The molecule has 0 aromatic carbocycles. The topological polar surface area (TPSA) is 111 Å². The summed E-state index contributed by atoms with van der Waals surface area (Å²) in [5, 5.41) is 10.7. The molecule has 4 rings (SSSR count). The third-order valence-corrected chi connectivity index (χ3v) is 6.03. The first kappa shape index (κ1) is 24.1. The molecule has 2 fully saturated rings. The van der Waals surface area contributed by atoms with E-state index < -0.39 is 18.0 Å². The van der Waals surface area contributed by atoms with Crippen LogP contribution in [0.1, 0.15) is 37.9 Å². The molecular formula is C23H31FN6O4. The molecule has 2 aromatic rings. The number of amides is 2. The average Bonchev–Trinajstić information content (AvgIpc) is 3.60. The number of alkyl carbamates (subject to hydrolysis) is 1. The molecule has 11 heteroatoms.